The van der Waals surface area contributed by atoms with E-state index < -0.39 is 5.41 Å². The first-order chi connectivity index (χ1) is 8.93. The molecule has 1 fully saturated rings. The van der Waals surface area contributed by atoms with Crippen molar-refractivity contribution in [1.29, 1.82) is 0 Å². The van der Waals surface area contributed by atoms with Crippen LogP contribution in [-0.4, -0.2) is 17.5 Å². The van der Waals surface area contributed by atoms with Crippen molar-refractivity contribution in [3.05, 3.63) is 28.5 Å². The lowest BCUT2D eigenvalue weighted by Gasteiger charge is -2.18. The smallest absolute Gasteiger partial charge is 0.231 e. The van der Waals surface area contributed by atoms with Gasteiger partial charge in [0.1, 0.15) is 16.6 Å². The number of carbonyl (C=O) groups excluding carboxylic acids is 1. The lowest BCUT2D eigenvalue weighted by Crippen LogP contribution is -2.39. The zero-order valence-electron chi connectivity index (χ0n) is 10.7. The number of hydrogen-bond acceptors (Lipinski definition) is 3. The van der Waals surface area contributed by atoms with Crippen molar-refractivity contribution in [2.45, 2.75) is 25.2 Å². The van der Waals surface area contributed by atoms with Crippen LogP contribution in [0.2, 0.25) is 0 Å². The number of nitrogens with two attached hydrogens (primary N) is 1. The number of allylic oxidation sites excluding steroid dienone is 1. The lowest BCUT2D eigenvalue weighted by molar-refractivity contribution is -0.123. The van der Waals surface area contributed by atoms with Gasteiger partial charge in [0.25, 0.3) is 0 Å². The Balaban J connectivity index is 2.11. The predicted molar refractivity (Wildman–Crippen MR) is 75.7 cm³/mol. The molecule has 4 nitrogen and oxygen atoms in total. The van der Waals surface area contributed by atoms with Gasteiger partial charge in [0.15, 0.2) is 5.75 Å². The van der Waals surface area contributed by atoms with Crippen LogP contribution < -0.4 is 10.5 Å². The standard InChI is InChI=1S/C14H15BrN2O2/c1-7(8-3-4-8)10-5-9-11(12(15)17-10)19-6-14(9,2)13(16)18/h5,8H,1,3-4,6H2,2H3,(H2,16,18)/t14-/m0/s1. The molecule has 1 aromatic rings. The average Bonchev–Trinajstić information content (AvgIpc) is 3.14. The molecule has 1 aliphatic heterocycles. The van der Waals surface area contributed by atoms with E-state index in [4.69, 9.17) is 10.5 Å². The second-order valence-electron chi connectivity index (χ2n) is 5.46. The Morgan fingerprint density at radius 3 is 2.89 bits per heavy atom. The number of rotatable bonds is 3. The largest absolute Gasteiger partial charge is 0.489 e. The fraction of sp³-hybridized carbons (Fsp3) is 0.429. The maximum atomic E-state index is 11.7. The number of nitrogens with zero attached hydrogens (tertiary/aromatic N) is 1. The van der Waals surface area contributed by atoms with Gasteiger partial charge in [0.2, 0.25) is 5.91 Å². The summed E-state index contributed by atoms with van der Waals surface area (Å²) in [6.07, 6.45) is 2.33. The molecule has 1 aliphatic carbocycles. The minimum atomic E-state index is -0.792. The molecule has 1 atom stereocenters. The van der Waals surface area contributed by atoms with E-state index in [1.165, 1.54) is 12.8 Å². The summed E-state index contributed by atoms with van der Waals surface area (Å²) in [5, 5.41) is 0. The van der Waals surface area contributed by atoms with Gasteiger partial charge in [-0.2, -0.15) is 0 Å². The van der Waals surface area contributed by atoms with Gasteiger partial charge in [0.05, 0.1) is 5.69 Å². The quantitative estimate of drug-likeness (QED) is 0.869. The summed E-state index contributed by atoms with van der Waals surface area (Å²) in [7, 11) is 0. The summed E-state index contributed by atoms with van der Waals surface area (Å²) in [5.41, 5.74) is 7.39. The van der Waals surface area contributed by atoms with Gasteiger partial charge >= 0.3 is 0 Å². The molecule has 0 spiro atoms. The molecule has 100 valence electrons. The molecule has 2 N–H and O–H groups in total. The molecule has 0 radical (unpaired) electrons. The van der Waals surface area contributed by atoms with Crippen LogP contribution in [0, 0.1) is 5.92 Å². The maximum absolute atomic E-state index is 11.7. The Morgan fingerprint density at radius 2 is 2.32 bits per heavy atom. The van der Waals surface area contributed by atoms with Crippen LogP contribution in [-0.2, 0) is 10.2 Å². The Morgan fingerprint density at radius 1 is 1.63 bits per heavy atom. The third kappa shape index (κ3) is 1.87. The molecule has 1 saturated carbocycles. The SMILES string of the molecule is C=C(c1cc2c(c(Br)n1)OC[C@]2(C)C(N)=O)C1CC1. The molecule has 3 rings (SSSR count). The van der Waals surface area contributed by atoms with E-state index in [2.05, 4.69) is 27.5 Å². The van der Waals surface area contributed by atoms with Crippen molar-refractivity contribution < 1.29 is 9.53 Å². The molecular formula is C14H15BrN2O2. The summed E-state index contributed by atoms with van der Waals surface area (Å²) < 4.78 is 6.19. The van der Waals surface area contributed by atoms with E-state index in [9.17, 15) is 4.79 Å². The van der Waals surface area contributed by atoms with Gasteiger partial charge in [-0.1, -0.05) is 6.58 Å². The van der Waals surface area contributed by atoms with E-state index in [-0.39, 0.29) is 12.5 Å². The van der Waals surface area contributed by atoms with Crippen molar-refractivity contribution in [2.75, 3.05) is 6.61 Å². The summed E-state index contributed by atoms with van der Waals surface area (Å²) >= 11 is 3.41. The number of carbonyl (C=O) groups is 1. The van der Waals surface area contributed by atoms with Crippen LogP contribution in [0.15, 0.2) is 17.2 Å². The Hall–Kier alpha value is -1.36. The van der Waals surface area contributed by atoms with Crippen LogP contribution in [0.1, 0.15) is 31.0 Å². The second kappa shape index (κ2) is 4.07. The Kier molecular flexibility index (Phi) is 2.71. The number of ether oxygens (including phenoxy) is 1. The van der Waals surface area contributed by atoms with Crippen LogP contribution in [0.5, 0.6) is 5.75 Å². The van der Waals surface area contributed by atoms with Crippen molar-refractivity contribution in [3.63, 3.8) is 0 Å². The summed E-state index contributed by atoms with van der Waals surface area (Å²) in [4.78, 5) is 16.2. The highest BCUT2D eigenvalue weighted by atomic mass is 79.9. The summed E-state index contributed by atoms with van der Waals surface area (Å²) in [6, 6.07) is 1.90. The van der Waals surface area contributed by atoms with Crippen molar-refractivity contribution in [3.8, 4) is 5.75 Å². The molecule has 0 saturated heterocycles. The van der Waals surface area contributed by atoms with Gasteiger partial charge in [-0.3, -0.25) is 4.79 Å². The molecule has 2 heterocycles. The number of pyridine rings is 1. The molecule has 2 aliphatic rings. The van der Waals surface area contributed by atoms with Crippen LogP contribution >= 0.6 is 15.9 Å². The number of primary amides is 1. The third-order valence-electron chi connectivity index (χ3n) is 3.97. The number of fused-ring (bicyclic) bond motifs is 1. The fourth-order valence-electron chi connectivity index (χ4n) is 2.35. The Labute approximate surface area is 120 Å². The molecule has 19 heavy (non-hydrogen) atoms. The molecular weight excluding hydrogens is 308 g/mol. The molecule has 1 aromatic heterocycles. The first-order valence-corrected chi connectivity index (χ1v) is 7.05. The second-order valence-corrected chi connectivity index (χ2v) is 6.21. The first-order valence-electron chi connectivity index (χ1n) is 6.26. The normalized spacial score (nSPS) is 24.7. The van der Waals surface area contributed by atoms with Crippen LogP contribution in [0.4, 0.5) is 0 Å². The van der Waals surface area contributed by atoms with Gasteiger partial charge in [-0.15, -0.1) is 0 Å². The summed E-state index contributed by atoms with van der Waals surface area (Å²) in [6.45, 7) is 6.17. The first kappa shape index (κ1) is 12.7. The van der Waals surface area contributed by atoms with E-state index in [1.54, 1.807) is 6.92 Å². The Bertz CT molecular complexity index is 595. The number of aromatic nitrogens is 1. The van der Waals surface area contributed by atoms with Gasteiger partial charge in [-0.05, 0) is 53.3 Å². The topological polar surface area (TPSA) is 65.2 Å². The monoisotopic (exact) mass is 322 g/mol. The molecule has 0 unspecified atom stereocenters. The zero-order valence-corrected chi connectivity index (χ0v) is 12.3. The summed E-state index contributed by atoms with van der Waals surface area (Å²) in [5.74, 6) is 0.764. The van der Waals surface area contributed by atoms with E-state index in [0.717, 1.165) is 16.8 Å². The zero-order chi connectivity index (χ0) is 13.8. The van der Waals surface area contributed by atoms with E-state index in [0.29, 0.717) is 16.3 Å². The average molecular weight is 323 g/mol. The molecule has 0 aromatic carbocycles. The molecule has 1 amide bonds. The van der Waals surface area contributed by atoms with Crippen LogP contribution in [0.25, 0.3) is 5.57 Å². The molecule has 0 bridgehead atoms. The van der Waals surface area contributed by atoms with E-state index >= 15 is 0 Å². The maximum Gasteiger partial charge on any atom is 0.231 e. The van der Waals surface area contributed by atoms with Gasteiger partial charge in [0, 0.05) is 5.56 Å². The van der Waals surface area contributed by atoms with Crippen molar-refractivity contribution >= 4 is 27.4 Å². The number of halogens is 1. The van der Waals surface area contributed by atoms with Crippen molar-refractivity contribution in [1.82, 2.24) is 4.98 Å². The minimum absolute atomic E-state index is 0.261. The van der Waals surface area contributed by atoms with Crippen LogP contribution in [0.3, 0.4) is 0 Å². The van der Waals surface area contributed by atoms with Crippen molar-refractivity contribution in [2.24, 2.45) is 11.7 Å². The highest BCUT2D eigenvalue weighted by Crippen LogP contribution is 2.46. The third-order valence-corrected chi connectivity index (χ3v) is 4.51. The highest BCUT2D eigenvalue weighted by Gasteiger charge is 2.43. The van der Waals surface area contributed by atoms with Gasteiger partial charge in [-0.25, -0.2) is 4.98 Å². The van der Waals surface area contributed by atoms with Gasteiger partial charge < -0.3 is 10.5 Å². The lowest BCUT2D eigenvalue weighted by atomic mass is 9.83. The minimum Gasteiger partial charge on any atom is -0.489 e. The molecule has 5 heteroatoms. The number of amides is 1. The fourth-order valence-corrected chi connectivity index (χ4v) is 2.87. The predicted octanol–water partition coefficient (Wildman–Crippen LogP) is 2.40. The number of hydrogen-bond donors (Lipinski definition) is 1. The highest BCUT2D eigenvalue weighted by molar-refractivity contribution is 9.10. The van der Waals surface area contributed by atoms with E-state index in [1.807, 2.05) is 6.07 Å².